The van der Waals surface area contributed by atoms with E-state index in [1.54, 1.807) is 0 Å². The summed E-state index contributed by atoms with van der Waals surface area (Å²) >= 11 is 0. The zero-order valence-electron chi connectivity index (χ0n) is 12.1. The third-order valence-electron chi connectivity index (χ3n) is 5.43. The Morgan fingerprint density at radius 3 is 2.63 bits per heavy atom. The van der Waals surface area contributed by atoms with Gasteiger partial charge in [0.25, 0.3) is 0 Å². The third kappa shape index (κ3) is 3.31. The van der Waals surface area contributed by atoms with Gasteiger partial charge in [-0.2, -0.15) is 0 Å². The Morgan fingerprint density at radius 2 is 1.79 bits per heavy atom. The molecular formula is C16H28N2O. The van der Waals surface area contributed by atoms with Crippen molar-refractivity contribution in [3.8, 4) is 0 Å². The lowest BCUT2D eigenvalue weighted by Gasteiger charge is -2.37. The van der Waals surface area contributed by atoms with Crippen LogP contribution in [0.3, 0.4) is 0 Å². The minimum absolute atomic E-state index is 0.428. The highest BCUT2D eigenvalue weighted by molar-refractivity contribution is 5.76. The second-order valence-corrected chi connectivity index (χ2v) is 6.71. The fourth-order valence-corrected chi connectivity index (χ4v) is 4.18. The van der Waals surface area contributed by atoms with Gasteiger partial charge in [0, 0.05) is 32.1 Å². The predicted molar refractivity (Wildman–Crippen MR) is 77.0 cm³/mol. The molecule has 19 heavy (non-hydrogen) atoms. The first-order chi connectivity index (χ1) is 9.33. The molecule has 3 nitrogen and oxygen atoms in total. The Bertz CT molecular complexity index is 312. The van der Waals surface area contributed by atoms with Gasteiger partial charge in [0.15, 0.2) is 0 Å². The van der Waals surface area contributed by atoms with Crippen molar-refractivity contribution >= 4 is 5.91 Å². The third-order valence-corrected chi connectivity index (χ3v) is 5.43. The molecule has 2 saturated heterocycles. The molecule has 2 aliphatic heterocycles. The van der Waals surface area contributed by atoms with Gasteiger partial charge in [0.05, 0.1) is 0 Å². The fraction of sp³-hybridized carbons (Fsp3) is 0.938. The minimum Gasteiger partial charge on any atom is -0.340 e. The van der Waals surface area contributed by atoms with E-state index < -0.39 is 0 Å². The Balaban J connectivity index is 1.42. The van der Waals surface area contributed by atoms with Crippen LogP contribution in [-0.4, -0.2) is 47.9 Å². The van der Waals surface area contributed by atoms with Crippen molar-refractivity contribution in [3.05, 3.63) is 0 Å². The van der Waals surface area contributed by atoms with Crippen molar-refractivity contribution in [1.29, 1.82) is 0 Å². The van der Waals surface area contributed by atoms with Gasteiger partial charge >= 0.3 is 0 Å². The lowest BCUT2D eigenvalue weighted by molar-refractivity contribution is -0.134. The average molecular weight is 264 g/mol. The molecule has 0 spiro atoms. The van der Waals surface area contributed by atoms with Gasteiger partial charge in [-0.3, -0.25) is 9.69 Å². The molecule has 0 bridgehead atoms. The summed E-state index contributed by atoms with van der Waals surface area (Å²) in [7, 11) is 0. The number of hydrogen-bond donors (Lipinski definition) is 0. The van der Waals surface area contributed by atoms with Crippen molar-refractivity contribution in [2.75, 3.05) is 26.2 Å². The summed E-state index contributed by atoms with van der Waals surface area (Å²) in [6.07, 6.45) is 11.5. The van der Waals surface area contributed by atoms with Crippen molar-refractivity contribution < 1.29 is 4.79 Å². The second kappa shape index (κ2) is 6.25. The summed E-state index contributed by atoms with van der Waals surface area (Å²) in [5.41, 5.74) is 0. The number of piperazine rings is 1. The van der Waals surface area contributed by atoms with Crippen molar-refractivity contribution in [2.45, 2.75) is 63.8 Å². The van der Waals surface area contributed by atoms with Crippen molar-refractivity contribution in [1.82, 2.24) is 9.80 Å². The summed E-state index contributed by atoms with van der Waals surface area (Å²) < 4.78 is 0. The Morgan fingerprint density at radius 1 is 0.947 bits per heavy atom. The Kier molecular flexibility index (Phi) is 4.42. The number of rotatable bonds is 3. The first-order valence-electron chi connectivity index (χ1n) is 8.35. The van der Waals surface area contributed by atoms with E-state index in [9.17, 15) is 4.79 Å². The molecule has 108 valence electrons. The predicted octanol–water partition coefficient (Wildman–Crippen LogP) is 2.65. The zero-order valence-corrected chi connectivity index (χ0v) is 12.1. The van der Waals surface area contributed by atoms with E-state index in [0.29, 0.717) is 11.9 Å². The van der Waals surface area contributed by atoms with Gasteiger partial charge in [-0.15, -0.1) is 0 Å². The quantitative estimate of drug-likeness (QED) is 0.782. The van der Waals surface area contributed by atoms with E-state index in [1.165, 1.54) is 51.5 Å². The molecular weight excluding hydrogens is 236 g/mol. The SMILES string of the molecule is O=C(CCC1CCCCC1)N1CCN2CCC[C@@H]2C1. The van der Waals surface area contributed by atoms with E-state index in [-0.39, 0.29) is 0 Å². The number of hydrogen-bond acceptors (Lipinski definition) is 2. The normalized spacial score (nSPS) is 29.5. The van der Waals surface area contributed by atoms with Crippen LogP contribution >= 0.6 is 0 Å². The smallest absolute Gasteiger partial charge is 0.222 e. The van der Waals surface area contributed by atoms with Gasteiger partial charge in [0.1, 0.15) is 0 Å². The van der Waals surface area contributed by atoms with Crippen LogP contribution in [-0.2, 0) is 4.79 Å². The first-order valence-corrected chi connectivity index (χ1v) is 8.35. The molecule has 2 heterocycles. The van der Waals surface area contributed by atoms with Crippen molar-refractivity contribution in [3.63, 3.8) is 0 Å². The minimum atomic E-state index is 0.428. The van der Waals surface area contributed by atoms with Crippen LogP contribution in [0.1, 0.15) is 57.8 Å². The fourth-order valence-electron chi connectivity index (χ4n) is 4.18. The van der Waals surface area contributed by atoms with Crippen LogP contribution in [0.2, 0.25) is 0 Å². The van der Waals surface area contributed by atoms with E-state index in [2.05, 4.69) is 9.80 Å². The van der Waals surface area contributed by atoms with Crippen LogP contribution in [0.15, 0.2) is 0 Å². The molecule has 0 N–H and O–H groups in total. The maximum Gasteiger partial charge on any atom is 0.222 e. The highest BCUT2D eigenvalue weighted by Crippen LogP contribution is 2.28. The summed E-state index contributed by atoms with van der Waals surface area (Å²) in [5, 5.41) is 0. The van der Waals surface area contributed by atoms with Gasteiger partial charge in [-0.05, 0) is 31.7 Å². The van der Waals surface area contributed by atoms with Crippen LogP contribution in [0.5, 0.6) is 0 Å². The summed E-state index contributed by atoms with van der Waals surface area (Å²) in [5.74, 6) is 1.27. The molecule has 3 rings (SSSR count). The molecule has 0 radical (unpaired) electrons. The van der Waals surface area contributed by atoms with E-state index in [1.807, 2.05) is 0 Å². The number of nitrogens with zero attached hydrogens (tertiary/aromatic N) is 2. The van der Waals surface area contributed by atoms with E-state index in [4.69, 9.17) is 0 Å². The first kappa shape index (κ1) is 13.4. The maximum absolute atomic E-state index is 12.3. The summed E-state index contributed by atoms with van der Waals surface area (Å²) in [6, 6.07) is 0.674. The molecule has 0 aromatic carbocycles. The van der Waals surface area contributed by atoms with E-state index in [0.717, 1.165) is 38.4 Å². The topological polar surface area (TPSA) is 23.6 Å². The molecule has 1 atom stereocenters. The van der Waals surface area contributed by atoms with Crippen molar-refractivity contribution in [2.24, 2.45) is 5.92 Å². The highest BCUT2D eigenvalue weighted by Gasteiger charge is 2.32. The van der Waals surface area contributed by atoms with Crippen LogP contribution in [0, 0.1) is 5.92 Å². The number of amides is 1. The standard InChI is InChI=1S/C16H28N2O/c19-16(9-8-14-5-2-1-3-6-14)18-12-11-17-10-4-7-15(17)13-18/h14-15H,1-13H2/t15-/m1/s1. The molecule has 3 heteroatoms. The van der Waals surface area contributed by atoms with Gasteiger partial charge in [0.2, 0.25) is 5.91 Å². The molecule has 0 aromatic heterocycles. The van der Waals surface area contributed by atoms with Gasteiger partial charge in [-0.1, -0.05) is 32.1 Å². The second-order valence-electron chi connectivity index (χ2n) is 6.71. The molecule has 3 aliphatic rings. The van der Waals surface area contributed by atoms with Crippen LogP contribution in [0.25, 0.3) is 0 Å². The Hall–Kier alpha value is -0.570. The lowest BCUT2D eigenvalue weighted by Crippen LogP contribution is -2.52. The monoisotopic (exact) mass is 264 g/mol. The number of carbonyl (C=O) groups is 1. The highest BCUT2D eigenvalue weighted by atomic mass is 16.2. The largest absolute Gasteiger partial charge is 0.340 e. The average Bonchev–Trinajstić information content (AvgIpc) is 2.93. The van der Waals surface area contributed by atoms with Crippen LogP contribution in [0.4, 0.5) is 0 Å². The molecule has 1 aliphatic carbocycles. The Labute approximate surface area is 117 Å². The van der Waals surface area contributed by atoms with Crippen LogP contribution < -0.4 is 0 Å². The van der Waals surface area contributed by atoms with Gasteiger partial charge in [-0.25, -0.2) is 0 Å². The molecule has 0 unspecified atom stereocenters. The lowest BCUT2D eigenvalue weighted by atomic mass is 9.86. The molecule has 1 amide bonds. The van der Waals surface area contributed by atoms with E-state index >= 15 is 0 Å². The molecule has 3 fully saturated rings. The molecule has 0 aromatic rings. The maximum atomic E-state index is 12.3. The number of fused-ring (bicyclic) bond motifs is 1. The number of carbonyl (C=O) groups excluding carboxylic acids is 1. The molecule has 1 saturated carbocycles. The zero-order chi connectivity index (χ0) is 13.1. The summed E-state index contributed by atoms with van der Waals surface area (Å²) in [6.45, 7) is 4.35. The van der Waals surface area contributed by atoms with Gasteiger partial charge < -0.3 is 4.90 Å². The summed E-state index contributed by atoms with van der Waals surface area (Å²) in [4.78, 5) is 17.1.